The van der Waals surface area contributed by atoms with Gasteiger partial charge in [0.15, 0.2) is 23.3 Å². The maximum atomic E-state index is 14.7. The van der Waals surface area contributed by atoms with Gasteiger partial charge in [-0.1, -0.05) is 13.8 Å². The largest absolute Gasteiger partial charge is 0.378 e. The van der Waals surface area contributed by atoms with E-state index < -0.39 is 17.5 Å². The van der Waals surface area contributed by atoms with Crippen LogP contribution in [0.3, 0.4) is 0 Å². The zero-order valence-electron chi connectivity index (χ0n) is 18.2. The number of primary amides is 1. The first-order chi connectivity index (χ1) is 15.3. The number of ether oxygens (including phenoxy) is 1. The average molecular weight is 450 g/mol. The van der Waals surface area contributed by atoms with Crippen LogP contribution in [0.1, 0.15) is 30.6 Å². The van der Waals surface area contributed by atoms with E-state index in [1.807, 2.05) is 13.8 Å². The number of hydrogen-bond donors (Lipinski definition) is 4. The Balaban J connectivity index is 1.87. The molecule has 1 amide bonds. The molecule has 0 aliphatic carbocycles. The number of nitrogens with one attached hydrogen (secondary N) is 2. The number of carbonyl (C=O) groups excluding carboxylic acids is 1. The van der Waals surface area contributed by atoms with Gasteiger partial charge in [-0.2, -0.15) is 0 Å². The van der Waals surface area contributed by atoms with Crippen LogP contribution < -0.4 is 27.0 Å². The summed E-state index contributed by atoms with van der Waals surface area (Å²) in [6.45, 7) is 6.40. The van der Waals surface area contributed by atoms with E-state index in [9.17, 15) is 13.6 Å². The van der Waals surface area contributed by atoms with Gasteiger partial charge in [0, 0.05) is 31.7 Å². The number of rotatable bonds is 9. The Morgan fingerprint density at radius 1 is 1.22 bits per heavy atom. The van der Waals surface area contributed by atoms with E-state index in [0.29, 0.717) is 38.6 Å². The molecule has 0 spiro atoms. The van der Waals surface area contributed by atoms with E-state index in [-0.39, 0.29) is 41.3 Å². The van der Waals surface area contributed by atoms with Crippen molar-refractivity contribution in [3.8, 4) is 0 Å². The molecule has 0 saturated carbocycles. The number of nitrogens with two attached hydrogens (primary N) is 2. The first-order valence-electron chi connectivity index (χ1n) is 10.5. The van der Waals surface area contributed by atoms with Crippen molar-refractivity contribution in [2.45, 2.75) is 26.3 Å². The molecule has 0 radical (unpaired) electrons. The summed E-state index contributed by atoms with van der Waals surface area (Å²) in [6.07, 6.45) is 2.12. The minimum atomic E-state index is -0.874. The number of morpholine rings is 1. The summed E-state index contributed by atoms with van der Waals surface area (Å²) in [4.78, 5) is 22.0. The van der Waals surface area contributed by atoms with Gasteiger partial charge < -0.3 is 31.7 Å². The first kappa shape index (κ1) is 23.6. The van der Waals surface area contributed by atoms with E-state index in [0.717, 1.165) is 6.07 Å². The molecular formula is C21H29F2N7O2. The molecule has 1 fully saturated rings. The van der Waals surface area contributed by atoms with Crippen LogP contribution in [0, 0.1) is 17.6 Å². The second kappa shape index (κ2) is 10.5. The molecule has 1 saturated heterocycles. The first-order valence-corrected chi connectivity index (χ1v) is 10.5. The van der Waals surface area contributed by atoms with Crippen LogP contribution in [0.5, 0.6) is 0 Å². The van der Waals surface area contributed by atoms with E-state index in [1.54, 1.807) is 4.90 Å². The highest BCUT2D eigenvalue weighted by molar-refractivity contribution is 5.98. The van der Waals surface area contributed by atoms with Crippen LogP contribution in [0.25, 0.3) is 0 Å². The quantitative estimate of drug-likeness (QED) is 0.458. The molecule has 11 heteroatoms. The van der Waals surface area contributed by atoms with Gasteiger partial charge in [0.25, 0.3) is 5.91 Å². The van der Waals surface area contributed by atoms with Gasteiger partial charge in [-0.3, -0.25) is 4.79 Å². The lowest BCUT2D eigenvalue weighted by atomic mass is 10.0. The highest BCUT2D eigenvalue weighted by Gasteiger charge is 2.20. The van der Waals surface area contributed by atoms with Crippen molar-refractivity contribution in [3.05, 3.63) is 35.5 Å². The molecule has 3 heterocycles. The van der Waals surface area contributed by atoms with Crippen molar-refractivity contribution < 1.29 is 18.3 Å². The lowest BCUT2D eigenvalue weighted by Gasteiger charge is -2.28. The average Bonchev–Trinajstić information content (AvgIpc) is 2.75. The van der Waals surface area contributed by atoms with Crippen LogP contribution in [0.4, 0.5) is 31.9 Å². The molecule has 32 heavy (non-hydrogen) atoms. The van der Waals surface area contributed by atoms with Gasteiger partial charge in [0.1, 0.15) is 5.82 Å². The zero-order valence-corrected chi connectivity index (χ0v) is 18.2. The van der Waals surface area contributed by atoms with Gasteiger partial charge in [-0.25, -0.2) is 18.7 Å². The number of carbonyl (C=O) groups is 1. The normalized spacial score (nSPS) is 15.0. The third kappa shape index (κ3) is 5.80. The maximum absolute atomic E-state index is 14.7. The summed E-state index contributed by atoms with van der Waals surface area (Å²) < 4.78 is 34.6. The molecule has 2 aromatic heterocycles. The Morgan fingerprint density at radius 2 is 1.94 bits per heavy atom. The van der Waals surface area contributed by atoms with Gasteiger partial charge in [0.2, 0.25) is 0 Å². The molecular weight excluding hydrogens is 420 g/mol. The number of nitrogens with zero attached hydrogens (tertiary/aromatic N) is 3. The summed E-state index contributed by atoms with van der Waals surface area (Å²) in [6, 6.07) is 2.02. The predicted molar refractivity (Wildman–Crippen MR) is 119 cm³/mol. The van der Waals surface area contributed by atoms with Crippen LogP contribution in [-0.4, -0.2) is 54.8 Å². The maximum Gasteiger partial charge on any atom is 0.252 e. The molecule has 0 bridgehead atoms. The molecule has 2 aromatic rings. The SMILES string of the molecule is CC(C)C[C@H](CN)Nc1nc(Nc2cnc(N3CCOCC3)c(F)c2)c(C(N)=O)cc1F. The number of hydrogen-bond acceptors (Lipinski definition) is 8. The Bertz CT molecular complexity index is 952. The molecule has 9 nitrogen and oxygen atoms in total. The molecule has 1 aliphatic heterocycles. The second-order valence-corrected chi connectivity index (χ2v) is 8.04. The van der Waals surface area contributed by atoms with Crippen molar-refractivity contribution in [2.75, 3.05) is 48.4 Å². The van der Waals surface area contributed by atoms with Gasteiger partial charge in [-0.15, -0.1) is 0 Å². The second-order valence-electron chi connectivity index (χ2n) is 8.04. The summed E-state index contributed by atoms with van der Waals surface area (Å²) in [5.41, 5.74) is 11.3. The van der Waals surface area contributed by atoms with Crippen molar-refractivity contribution in [3.63, 3.8) is 0 Å². The highest BCUT2D eigenvalue weighted by Crippen LogP contribution is 2.27. The van der Waals surface area contributed by atoms with Crippen molar-refractivity contribution >= 4 is 29.0 Å². The highest BCUT2D eigenvalue weighted by atomic mass is 19.1. The van der Waals surface area contributed by atoms with Crippen LogP contribution in [-0.2, 0) is 4.74 Å². The van der Waals surface area contributed by atoms with Crippen molar-refractivity contribution in [1.29, 1.82) is 0 Å². The molecule has 6 N–H and O–H groups in total. The predicted octanol–water partition coefficient (Wildman–Crippen LogP) is 2.22. The van der Waals surface area contributed by atoms with E-state index in [4.69, 9.17) is 16.2 Å². The van der Waals surface area contributed by atoms with Gasteiger partial charge >= 0.3 is 0 Å². The number of aromatic nitrogens is 2. The number of anilines is 4. The number of pyridine rings is 2. The third-order valence-electron chi connectivity index (χ3n) is 5.02. The fraction of sp³-hybridized carbons (Fsp3) is 0.476. The molecule has 0 unspecified atom stereocenters. The Hall–Kier alpha value is -3.05. The van der Waals surface area contributed by atoms with E-state index in [2.05, 4.69) is 20.6 Å². The monoisotopic (exact) mass is 449 g/mol. The Labute approximate surface area is 185 Å². The lowest BCUT2D eigenvalue weighted by Crippen LogP contribution is -2.37. The summed E-state index contributed by atoms with van der Waals surface area (Å²) in [5, 5.41) is 5.80. The van der Waals surface area contributed by atoms with Gasteiger partial charge in [-0.05, 0) is 18.4 Å². The van der Waals surface area contributed by atoms with Crippen LogP contribution in [0.15, 0.2) is 18.3 Å². The Kier molecular flexibility index (Phi) is 7.75. The number of halogens is 2. The molecule has 1 aliphatic rings. The van der Waals surface area contributed by atoms with E-state index in [1.165, 1.54) is 12.3 Å². The molecule has 174 valence electrons. The fourth-order valence-corrected chi connectivity index (χ4v) is 3.49. The molecule has 1 atom stereocenters. The minimum absolute atomic E-state index is 0.0120. The summed E-state index contributed by atoms with van der Waals surface area (Å²) >= 11 is 0. The van der Waals surface area contributed by atoms with Crippen LogP contribution >= 0.6 is 0 Å². The van der Waals surface area contributed by atoms with Crippen molar-refractivity contribution in [2.24, 2.45) is 17.4 Å². The van der Waals surface area contributed by atoms with Gasteiger partial charge in [0.05, 0.1) is 30.7 Å². The van der Waals surface area contributed by atoms with E-state index >= 15 is 0 Å². The smallest absolute Gasteiger partial charge is 0.252 e. The zero-order chi connectivity index (χ0) is 23.3. The molecule has 3 rings (SSSR count). The van der Waals surface area contributed by atoms with Crippen LogP contribution in [0.2, 0.25) is 0 Å². The standard InChI is InChI=1S/C21H29F2N7O2/c1-12(2)7-13(10-24)27-20-16(22)9-15(18(25)31)19(29-20)28-14-8-17(23)21(26-11-14)30-3-5-32-6-4-30/h8-9,11-13H,3-7,10,24H2,1-2H3,(H2,25,31)(H2,27,28,29)/t13-/m1/s1. The topological polar surface area (TPSA) is 131 Å². The summed E-state index contributed by atoms with van der Waals surface area (Å²) in [5.74, 6) is -1.70. The minimum Gasteiger partial charge on any atom is -0.378 e. The summed E-state index contributed by atoms with van der Waals surface area (Å²) in [7, 11) is 0. The van der Waals surface area contributed by atoms with Crippen molar-refractivity contribution in [1.82, 2.24) is 9.97 Å². The lowest BCUT2D eigenvalue weighted by molar-refractivity contribution is 0.100. The number of amides is 1. The third-order valence-corrected chi connectivity index (χ3v) is 5.02. The Morgan fingerprint density at radius 3 is 2.53 bits per heavy atom. The fourth-order valence-electron chi connectivity index (χ4n) is 3.49. The molecule has 0 aromatic carbocycles.